The molecule has 0 bridgehead atoms. The lowest BCUT2D eigenvalue weighted by molar-refractivity contribution is 0.241. The molecule has 20 heavy (non-hydrogen) atoms. The summed E-state index contributed by atoms with van der Waals surface area (Å²) in [5.74, 6) is 1.72. The average molecular weight is 284 g/mol. The number of hydrogen-bond acceptors (Lipinski definition) is 2. The first-order valence-corrected chi connectivity index (χ1v) is 7.86. The molecule has 0 fully saturated rings. The second kappa shape index (κ2) is 10.0. The third-order valence-electron chi connectivity index (χ3n) is 3.20. The topological polar surface area (TPSA) is 39.7 Å². The smallest absolute Gasteiger partial charge is 0.190 e. The standard InChI is InChI=1S/C16H36N4/c1-14(2)10-8-9-11-18-15(17-5)19-12-16(3,4)13-20(6)7/h14H,8-13H2,1-7H3,(H2,17,18,19). The molecule has 0 atom stereocenters. The van der Waals surface area contributed by atoms with E-state index >= 15 is 0 Å². The molecule has 2 N–H and O–H groups in total. The summed E-state index contributed by atoms with van der Waals surface area (Å²) in [6.07, 6.45) is 3.80. The average Bonchev–Trinajstić information content (AvgIpc) is 2.30. The lowest BCUT2D eigenvalue weighted by atomic mass is 9.93. The van der Waals surface area contributed by atoms with Gasteiger partial charge in [-0.2, -0.15) is 0 Å². The van der Waals surface area contributed by atoms with Gasteiger partial charge in [0.15, 0.2) is 5.96 Å². The van der Waals surface area contributed by atoms with E-state index in [1.807, 2.05) is 7.05 Å². The highest BCUT2D eigenvalue weighted by Crippen LogP contribution is 2.13. The van der Waals surface area contributed by atoms with Gasteiger partial charge in [-0.15, -0.1) is 0 Å². The van der Waals surface area contributed by atoms with Crippen LogP contribution in [-0.4, -0.2) is 51.6 Å². The molecule has 120 valence electrons. The van der Waals surface area contributed by atoms with Crippen LogP contribution >= 0.6 is 0 Å². The molecule has 0 aromatic rings. The minimum atomic E-state index is 0.235. The lowest BCUT2D eigenvalue weighted by Gasteiger charge is -2.29. The molecule has 4 nitrogen and oxygen atoms in total. The Morgan fingerprint density at radius 3 is 2.30 bits per heavy atom. The van der Waals surface area contributed by atoms with Gasteiger partial charge in [0, 0.05) is 26.7 Å². The normalized spacial score (nSPS) is 13.2. The summed E-state index contributed by atoms with van der Waals surface area (Å²) >= 11 is 0. The first-order valence-electron chi connectivity index (χ1n) is 7.86. The molecule has 0 rings (SSSR count). The monoisotopic (exact) mass is 284 g/mol. The van der Waals surface area contributed by atoms with Crippen LogP contribution in [0, 0.1) is 11.3 Å². The maximum Gasteiger partial charge on any atom is 0.190 e. The largest absolute Gasteiger partial charge is 0.356 e. The molecule has 4 heteroatoms. The van der Waals surface area contributed by atoms with Crippen molar-refractivity contribution in [3.8, 4) is 0 Å². The Hall–Kier alpha value is -0.770. The van der Waals surface area contributed by atoms with Crippen LogP contribution in [0.4, 0.5) is 0 Å². The third kappa shape index (κ3) is 11.1. The summed E-state index contributed by atoms with van der Waals surface area (Å²) in [6.45, 7) is 12.1. The van der Waals surface area contributed by atoms with E-state index in [0.717, 1.165) is 31.5 Å². The Kier molecular flexibility index (Phi) is 9.64. The van der Waals surface area contributed by atoms with Crippen molar-refractivity contribution in [1.29, 1.82) is 0 Å². The van der Waals surface area contributed by atoms with Gasteiger partial charge in [0.1, 0.15) is 0 Å². The van der Waals surface area contributed by atoms with Crippen LogP contribution in [0.25, 0.3) is 0 Å². The molecular weight excluding hydrogens is 248 g/mol. The minimum absolute atomic E-state index is 0.235. The van der Waals surface area contributed by atoms with E-state index in [0.29, 0.717) is 0 Å². The van der Waals surface area contributed by atoms with Gasteiger partial charge in [0.05, 0.1) is 0 Å². The Bertz CT molecular complexity index is 270. The molecule has 0 aromatic carbocycles. The van der Waals surface area contributed by atoms with Gasteiger partial charge in [-0.25, -0.2) is 0 Å². The highest BCUT2D eigenvalue weighted by molar-refractivity contribution is 5.79. The lowest BCUT2D eigenvalue weighted by Crippen LogP contribution is -2.45. The molecule has 0 heterocycles. The molecule has 0 aliphatic rings. The van der Waals surface area contributed by atoms with Crippen LogP contribution < -0.4 is 10.6 Å². The maximum absolute atomic E-state index is 4.28. The summed E-state index contributed by atoms with van der Waals surface area (Å²) in [7, 11) is 6.06. The van der Waals surface area contributed by atoms with Crippen LogP contribution in [0.2, 0.25) is 0 Å². The van der Waals surface area contributed by atoms with Gasteiger partial charge in [-0.1, -0.05) is 40.5 Å². The molecule has 0 spiro atoms. The van der Waals surface area contributed by atoms with E-state index in [-0.39, 0.29) is 5.41 Å². The Morgan fingerprint density at radius 2 is 1.80 bits per heavy atom. The minimum Gasteiger partial charge on any atom is -0.356 e. The van der Waals surface area contributed by atoms with E-state index in [2.05, 4.69) is 62.3 Å². The predicted molar refractivity (Wildman–Crippen MR) is 90.4 cm³/mol. The number of guanidine groups is 1. The van der Waals surface area contributed by atoms with Crippen molar-refractivity contribution >= 4 is 5.96 Å². The van der Waals surface area contributed by atoms with Crippen molar-refractivity contribution in [2.45, 2.75) is 47.0 Å². The van der Waals surface area contributed by atoms with Crippen molar-refractivity contribution in [2.24, 2.45) is 16.3 Å². The van der Waals surface area contributed by atoms with Crippen LogP contribution in [0.15, 0.2) is 4.99 Å². The zero-order valence-corrected chi connectivity index (χ0v) is 14.7. The Labute approximate surface area is 126 Å². The fourth-order valence-electron chi connectivity index (χ4n) is 2.34. The SMILES string of the molecule is CN=C(NCCCCC(C)C)NCC(C)(C)CN(C)C. The molecule has 0 unspecified atom stereocenters. The second-order valence-corrected chi connectivity index (χ2v) is 7.14. The Balaban J connectivity index is 3.88. The zero-order chi connectivity index (χ0) is 15.6. The maximum atomic E-state index is 4.28. The summed E-state index contributed by atoms with van der Waals surface area (Å²) in [5.41, 5.74) is 0.235. The summed E-state index contributed by atoms with van der Waals surface area (Å²) in [6, 6.07) is 0. The van der Waals surface area contributed by atoms with Crippen LogP contribution in [0.5, 0.6) is 0 Å². The van der Waals surface area contributed by atoms with Crippen molar-refractivity contribution in [2.75, 3.05) is 40.8 Å². The van der Waals surface area contributed by atoms with Crippen LogP contribution in [0.3, 0.4) is 0 Å². The van der Waals surface area contributed by atoms with Gasteiger partial charge in [0.2, 0.25) is 0 Å². The van der Waals surface area contributed by atoms with E-state index < -0.39 is 0 Å². The molecule has 0 amide bonds. The number of nitrogens with zero attached hydrogens (tertiary/aromatic N) is 2. The fourth-order valence-corrected chi connectivity index (χ4v) is 2.34. The van der Waals surface area contributed by atoms with Crippen molar-refractivity contribution in [3.63, 3.8) is 0 Å². The van der Waals surface area contributed by atoms with Gasteiger partial charge in [-0.05, 0) is 31.8 Å². The van der Waals surface area contributed by atoms with Crippen LogP contribution in [-0.2, 0) is 0 Å². The van der Waals surface area contributed by atoms with Crippen LogP contribution in [0.1, 0.15) is 47.0 Å². The zero-order valence-electron chi connectivity index (χ0n) is 14.7. The van der Waals surface area contributed by atoms with Gasteiger partial charge in [-0.3, -0.25) is 4.99 Å². The number of unbranched alkanes of at least 4 members (excludes halogenated alkanes) is 1. The van der Waals surface area contributed by atoms with Crippen molar-refractivity contribution in [3.05, 3.63) is 0 Å². The quantitative estimate of drug-likeness (QED) is 0.388. The number of aliphatic imine (C=N–C) groups is 1. The highest BCUT2D eigenvalue weighted by Gasteiger charge is 2.19. The van der Waals surface area contributed by atoms with E-state index in [1.54, 1.807) is 0 Å². The molecule has 0 aliphatic carbocycles. The van der Waals surface area contributed by atoms with Gasteiger partial charge < -0.3 is 15.5 Å². The second-order valence-electron chi connectivity index (χ2n) is 7.14. The van der Waals surface area contributed by atoms with E-state index in [1.165, 1.54) is 19.3 Å². The summed E-state index contributed by atoms with van der Waals surface area (Å²) < 4.78 is 0. The van der Waals surface area contributed by atoms with E-state index in [9.17, 15) is 0 Å². The molecular formula is C16H36N4. The number of nitrogens with one attached hydrogen (secondary N) is 2. The fraction of sp³-hybridized carbons (Fsp3) is 0.938. The molecule has 0 saturated carbocycles. The van der Waals surface area contributed by atoms with Crippen molar-refractivity contribution in [1.82, 2.24) is 15.5 Å². The van der Waals surface area contributed by atoms with Gasteiger partial charge in [0.25, 0.3) is 0 Å². The van der Waals surface area contributed by atoms with Crippen molar-refractivity contribution < 1.29 is 0 Å². The number of rotatable bonds is 9. The molecule has 0 saturated heterocycles. The third-order valence-corrected chi connectivity index (χ3v) is 3.20. The van der Waals surface area contributed by atoms with Gasteiger partial charge >= 0.3 is 0 Å². The number of hydrogen-bond donors (Lipinski definition) is 2. The molecule has 0 aromatic heterocycles. The summed E-state index contributed by atoms with van der Waals surface area (Å²) in [4.78, 5) is 6.51. The molecule has 0 radical (unpaired) electrons. The molecule has 0 aliphatic heterocycles. The first-order chi connectivity index (χ1) is 9.26. The van der Waals surface area contributed by atoms with E-state index in [4.69, 9.17) is 0 Å². The Morgan fingerprint density at radius 1 is 1.15 bits per heavy atom. The summed E-state index contributed by atoms with van der Waals surface area (Å²) in [5, 5.41) is 6.82. The highest BCUT2D eigenvalue weighted by atomic mass is 15.2. The predicted octanol–water partition coefficient (Wildman–Crippen LogP) is 2.57. The first kappa shape index (κ1) is 19.2.